The molecule has 0 bridgehead atoms. The molecule has 2 aliphatic rings. The molecule has 1 amide bonds. The lowest BCUT2D eigenvalue weighted by molar-refractivity contribution is -0.133. The van der Waals surface area contributed by atoms with Crippen molar-refractivity contribution in [1.29, 1.82) is 0 Å². The van der Waals surface area contributed by atoms with Gasteiger partial charge in [0.05, 0.1) is 11.7 Å². The lowest BCUT2D eigenvalue weighted by Crippen LogP contribution is -2.44. The summed E-state index contributed by atoms with van der Waals surface area (Å²) in [6, 6.07) is 0.208. The van der Waals surface area contributed by atoms with E-state index in [4.69, 9.17) is 9.05 Å². The van der Waals surface area contributed by atoms with Crippen LogP contribution in [0, 0.1) is 26.2 Å². The number of rotatable bonds is 4. The molecule has 8 heteroatoms. The van der Waals surface area contributed by atoms with Crippen molar-refractivity contribution in [3.63, 3.8) is 0 Å². The van der Waals surface area contributed by atoms with Crippen molar-refractivity contribution in [3.05, 3.63) is 28.7 Å². The number of amides is 1. The van der Waals surface area contributed by atoms with Gasteiger partial charge < -0.3 is 13.9 Å². The van der Waals surface area contributed by atoms with Gasteiger partial charge in [-0.25, -0.2) is 0 Å². The Hall–Kier alpha value is -2.22. The predicted octanol–water partition coefficient (Wildman–Crippen LogP) is 2.60. The molecule has 0 aromatic carbocycles. The van der Waals surface area contributed by atoms with Crippen LogP contribution in [-0.4, -0.2) is 57.7 Å². The number of aryl methyl sites for hydroxylation is 3. The van der Waals surface area contributed by atoms with Crippen molar-refractivity contribution < 1.29 is 13.8 Å². The molecule has 1 spiro atoms. The molecule has 152 valence electrons. The van der Waals surface area contributed by atoms with Crippen LogP contribution in [0.2, 0.25) is 0 Å². The highest BCUT2D eigenvalue weighted by Crippen LogP contribution is 2.47. The zero-order valence-corrected chi connectivity index (χ0v) is 17.2. The minimum Gasteiger partial charge on any atom is -0.361 e. The molecule has 1 unspecified atom stereocenters. The van der Waals surface area contributed by atoms with Gasteiger partial charge in [-0.2, -0.15) is 4.98 Å². The first-order valence-corrected chi connectivity index (χ1v) is 10.1. The van der Waals surface area contributed by atoms with Crippen LogP contribution in [0.15, 0.2) is 9.05 Å². The number of hydrogen-bond donors (Lipinski definition) is 0. The third kappa shape index (κ3) is 3.57. The van der Waals surface area contributed by atoms with Gasteiger partial charge in [0.25, 0.3) is 0 Å². The Morgan fingerprint density at radius 3 is 2.54 bits per heavy atom. The first-order valence-electron chi connectivity index (χ1n) is 10.1. The third-order valence-electron chi connectivity index (χ3n) is 6.53. The summed E-state index contributed by atoms with van der Waals surface area (Å²) in [6.07, 6.45) is 4.30. The average molecular weight is 387 g/mol. The van der Waals surface area contributed by atoms with E-state index in [0.717, 1.165) is 61.7 Å². The minimum absolute atomic E-state index is 0.208. The second kappa shape index (κ2) is 7.31. The quantitative estimate of drug-likeness (QED) is 0.797. The van der Waals surface area contributed by atoms with E-state index in [2.05, 4.69) is 27.2 Å². The van der Waals surface area contributed by atoms with Crippen molar-refractivity contribution in [1.82, 2.24) is 25.1 Å². The van der Waals surface area contributed by atoms with Crippen LogP contribution in [-0.2, 0) is 11.2 Å². The van der Waals surface area contributed by atoms with Crippen LogP contribution in [0.4, 0.5) is 0 Å². The molecule has 4 heterocycles. The van der Waals surface area contributed by atoms with E-state index >= 15 is 0 Å². The number of likely N-dealkylation sites (tertiary alicyclic amines) is 2. The Kier molecular flexibility index (Phi) is 4.99. The molecular formula is C20H29N5O3. The standard InChI is InChI=1S/C20H29N5O3/c1-13-16(14(2)27-22-13)5-6-18(26)25-9-7-20(8-10-25)11-17(24(4)12-20)19-21-15(3)28-23-19/h17H,5-12H2,1-4H3. The first kappa shape index (κ1) is 19.1. The Morgan fingerprint density at radius 2 is 1.93 bits per heavy atom. The second-order valence-corrected chi connectivity index (χ2v) is 8.49. The summed E-state index contributed by atoms with van der Waals surface area (Å²) in [5.74, 6) is 2.45. The molecule has 0 saturated carbocycles. The molecule has 2 saturated heterocycles. The maximum absolute atomic E-state index is 12.7. The highest BCUT2D eigenvalue weighted by molar-refractivity contribution is 5.76. The van der Waals surface area contributed by atoms with E-state index in [9.17, 15) is 4.79 Å². The lowest BCUT2D eigenvalue weighted by Gasteiger charge is -2.39. The van der Waals surface area contributed by atoms with Gasteiger partial charge in [0.2, 0.25) is 11.8 Å². The number of aromatic nitrogens is 3. The van der Waals surface area contributed by atoms with Crippen molar-refractivity contribution in [2.75, 3.05) is 26.7 Å². The summed E-state index contributed by atoms with van der Waals surface area (Å²) in [5.41, 5.74) is 2.20. The molecule has 4 rings (SSSR count). The fourth-order valence-electron chi connectivity index (χ4n) is 4.85. The van der Waals surface area contributed by atoms with E-state index < -0.39 is 0 Å². The van der Waals surface area contributed by atoms with Gasteiger partial charge in [0.1, 0.15) is 5.76 Å². The average Bonchev–Trinajstić information content (AvgIpc) is 3.32. The molecule has 8 nitrogen and oxygen atoms in total. The smallest absolute Gasteiger partial charge is 0.223 e. The SMILES string of the molecule is Cc1nc(C2CC3(CCN(C(=O)CCc4c(C)noc4C)CC3)CN2C)no1. The van der Waals surface area contributed by atoms with Gasteiger partial charge in [0, 0.05) is 38.5 Å². The summed E-state index contributed by atoms with van der Waals surface area (Å²) in [4.78, 5) is 21.5. The summed E-state index contributed by atoms with van der Waals surface area (Å²) >= 11 is 0. The number of nitrogens with zero attached hydrogens (tertiary/aromatic N) is 5. The highest BCUT2D eigenvalue weighted by atomic mass is 16.5. The van der Waals surface area contributed by atoms with Crippen LogP contribution in [0.3, 0.4) is 0 Å². The summed E-state index contributed by atoms with van der Waals surface area (Å²) in [5, 5.41) is 8.10. The molecule has 1 atom stereocenters. The van der Waals surface area contributed by atoms with E-state index in [1.807, 2.05) is 25.7 Å². The zero-order valence-electron chi connectivity index (χ0n) is 17.2. The second-order valence-electron chi connectivity index (χ2n) is 8.49. The van der Waals surface area contributed by atoms with Gasteiger partial charge in [-0.1, -0.05) is 10.3 Å². The van der Waals surface area contributed by atoms with E-state index in [0.29, 0.717) is 18.7 Å². The van der Waals surface area contributed by atoms with Crippen molar-refractivity contribution in [2.45, 2.75) is 58.9 Å². The maximum atomic E-state index is 12.7. The van der Waals surface area contributed by atoms with Crippen LogP contribution >= 0.6 is 0 Å². The molecule has 0 radical (unpaired) electrons. The Bertz CT molecular complexity index is 830. The fourth-order valence-corrected chi connectivity index (χ4v) is 4.85. The van der Waals surface area contributed by atoms with Crippen molar-refractivity contribution in [2.24, 2.45) is 5.41 Å². The maximum Gasteiger partial charge on any atom is 0.223 e. The Morgan fingerprint density at radius 1 is 1.18 bits per heavy atom. The van der Waals surface area contributed by atoms with Gasteiger partial charge in [-0.05, 0) is 52.0 Å². The molecule has 2 aromatic heterocycles. The third-order valence-corrected chi connectivity index (χ3v) is 6.53. The van der Waals surface area contributed by atoms with Crippen LogP contribution in [0.5, 0.6) is 0 Å². The summed E-state index contributed by atoms with van der Waals surface area (Å²) < 4.78 is 10.4. The lowest BCUT2D eigenvalue weighted by atomic mass is 9.76. The monoisotopic (exact) mass is 387 g/mol. The van der Waals surface area contributed by atoms with Crippen molar-refractivity contribution >= 4 is 5.91 Å². The topological polar surface area (TPSA) is 88.5 Å². The number of carbonyl (C=O) groups excluding carboxylic acids is 1. The van der Waals surface area contributed by atoms with Gasteiger partial charge >= 0.3 is 0 Å². The van der Waals surface area contributed by atoms with Gasteiger partial charge in [0.15, 0.2) is 5.82 Å². The van der Waals surface area contributed by atoms with E-state index in [1.54, 1.807) is 0 Å². The summed E-state index contributed by atoms with van der Waals surface area (Å²) in [7, 11) is 2.13. The molecule has 2 aliphatic heterocycles. The highest BCUT2D eigenvalue weighted by Gasteiger charge is 2.46. The normalized spacial score (nSPS) is 22.3. The Balaban J connectivity index is 1.32. The van der Waals surface area contributed by atoms with Crippen molar-refractivity contribution in [3.8, 4) is 0 Å². The van der Waals surface area contributed by atoms with Gasteiger partial charge in [-0.3, -0.25) is 9.69 Å². The molecule has 2 fully saturated rings. The van der Waals surface area contributed by atoms with Crippen LogP contribution < -0.4 is 0 Å². The molecule has 2 aromatic rings. The largest absolute Gasteiger partial charge is 0.361 e. The van der Waals surface area contributed by atoms with Gasteiger partial charge in [-0.15, -0.1) is 0 Å². The Labute approximate surface area is 165 Å². The molecule has 0 aliphatic carbocycles. The molecule has 28 heavy (non-hydrogen) atoms. The minimum atomic E-state index is 0.208. The van der Waals surface area contributed by atoms with E-state index in [1.165, 1.54) is 0 Å². The predicted molar refractivity (Wildman–Crippen MR) is 102 cm³/mol. The first-order chi connectivity index (χ1) is 13.4. The number of hydrogen-bond acceptors (Lipinski definition) is 7. The van der Waals surface area contributed by atoms with Crippen LogP contribution in [0.25, 0.3) is 0 Å². The number of piperidine rings is 1. The van der Waals surface area contributed by atoms with E-state index in [-0.39, 0.29) is 17.4 Å². The zero-order chi connectivity index (χ0) is 19.9. The molecular weight excluding hydrogens is 358 g/mol. The number of carbonyl (C=O) groups is 1. The molecule has 0 N–H and O–H groups in total. The summed E-state index contributed by atoms with van der Waals surface area (Å²) in [6.45, 7) is 8.33. The van der Waals surface area contributed by atoms with Crippen LogP contribution in [0.1, 0.15) is 60.5 Å². The fraction of sp³-hybridized carbons (Fsp3) is 0.700.